The molecular weight excluding hydrogens is 318 g/mol. The minimum Gasteiger partial charge on any atom is -0.480 e. The van der Waals surface area contributed by atoms with Gasteiger partial charge < -0.3 is 15.2 Å². The summed E-state index contributed by atoms with van der Waals surface area (Å²) in [4.78, 5) is 23.3. The Morgan fingerprint density at radius 2 is 1.76 bits per heavy atom. The second-order valence-electron chi connectivity index (χ2n) is 5.61. The average molecular weight is 339 g/mol. The number of benzene rings is 2. The standard InChI is InChI=1S/C20H21NO4/c1-2-7-15-10-6-11-17(12-15)13-18(19(22)23)21-20(24)25-14-16-8-4-3-5-9-16/h2-6,8-12,18H,1,7,13-14H2,(H,21,24)(H,22,23)/t18-/m0/s1. The number of nitrogens with one attached hydrogen (secondary N) is 1. The van der Waals surface area contributed by atoms with E-state index in [4.69, 9.17) is 4.74 Å². The van der Waals surface area contributed by atoms with Crippen molar-refractivity contribution in [2.75, 3.05) is 0 Å². The molecule has 0 bridgehead atoms. The molecule has 25 heavy (non-hydrogen) atoms. The molecule has 130 valence electrons. The van der Waals surface area contributed by atoms with E-state index >= 15 is 0 Å². The van der Waals surface area contributed by atoms with E-state index in [1.165, 1.54) is 0 Å². The first-order valence-corrected chi connectivity index (χ1v) is 7.97. The maximum atomic E-state index is 11.9. The third kappa shape index (κ3) is 6.14. The molecule has 1 amide bonds. The number of aliphatic carboxylic acids is 1. The number of carboxylic acids is 1. The van der Waals surface area contributed by atoms with E-state index in [0.717, 1.165) is 16.7 Å². The highest BCUT2D eigenvalue weighted by Gasteiger charge is 2.21. The molecule has 1 atom stereocenters. The molecule has 5 nitrogen and oxygen atoms in total. The quantitative estimate of drug-likeness (QED) is 0.723. The summed E-state index contributed by atoms with van der Waals surface area (Å²) in [6.45, 7) is 3.78. The van der Waals surface area contributed by atoms with Crippen LogP contribution in [0.15, 0.2) is 67.3 Å². The Balaban J connectivity index is 1.93. The Labute approximate surface area is 146 Å². The average Bonchev–Trinajstić information content (AvgIpc) is 2.61. The summed E-state index contributed by atoms with van der Waals surface area (Å²) >= 11 is 0. The minimum atomic E-state index is -1.11. The van der Waals surface area contributed by atoms with Crippen LogP contribution in [0.25, 0.3) is 0 Å². The van der Waals surface area contributed by atoms with Gasteiger partial charge in [0.15, 0.2) is 0 Å². The zero-order valence-corrected chi connectivity index (χ0v) is 13.9. The Hall–Kier alpha value is -3.08. The lowest BCUT2D eigenvalue weighted by Gasteiger charge is -2.15. The summed E-state index contributed by atoms with van der Waals surface area (Å²) in [6.07, 6.45) is 1.92. The third-order valence-electron chi connectivity index (χ3n) is 3.61. The van der Waals surface area contributed by atoms with Crippen LogP contribution in [-0.2, 0) is 29.0 Å². The molecule has 0 unspecified atom stereocenters. The van der Waals surface area contributed by atoms with Crippen LogP contribution in [0.4, 0.5) is 4.79 Å². The van der Waals surface area contributed by atoms with Crippen molar-refractivity contribution in [1.82, 2.24) is 5.32 Å². The third-order valence-corrected chi connectivity index (χ3v) is 3.61. The van der Waals surface area contributed by atoms with Crippen molar-refractivity contribution in [2.24, 2.45) is 0 Å². The molecule has 0 aliphatic rings. The highest BCUT2D eigenvalue weighted by molar-refractivity contribution is 5.80. The molecule has 0 aromatic heterocycles. The van der Waals surface area contributed by atoms with Crippen molar-refractivity contribution >= 4 is 12.1 Å². The Morgan fingerprint density at radius 1 is 1.08 bits per heavy atom. The number of ether oxygens (including phenoxy) is 1. The van der Waals surface area contributed by atoms with Crippen molar-refractivity contribution in [3.8, 4) is 0 Å². The van der Waals surface area contributed by atoms with E-state index < -0.39 is 18.1 Å². The number of carbonyl (C=O) groups excluding carboxylic acids is 1. The van der Waals surface area contributed by atoms with Crippen LogP contribution in [0.5, 0.6) is 0 Å². The number of hydrogen-bond donors (Lipinski definition) is 2. The van der Waals surface area contributed by atoms with Crippen molar-refractivity contribution in [3.05, 3.63) is 83.9 Å². The second kappa shape index (κ2) is 9.27. The lowest BCUT2D eigenvalue weighted by Crippen LogP contribution is -2.42. The van der Waals surface area contributed by atoms with E-state index in [-0.39, 0.29) is 13.0 Å². The molecule has 2 rings (SSSR count). The fourth-order valence-electron chi connectivity index (χ4n) is 2.39. The fraction of sp³-hybridized carbons (Fsp3) is 0.200. The van der Waals surface area contributed by atoms with Crippen molar-refractivity contribution in [3.63, 3.8) is 0 Å². The number of allylic oxidation sites excluding steroid dienone is 1. The molecule has 0 aliphatic carbocycles. The van der Waals surface area contributed by atoms with Crippen molar-refractivity contribution < 1.29 is 19.4 Å². The summed E-state index contributed by atoms with van der Waals surface area (Å²) in [6, 6.07) is 15.7. The van der Waals surface area contributed by atoms with Gasteiger partial charge in [-0.15, -0.1) is 6.58 Å². The first-order valence-electron chi connectivity index (χ1n) is 7.97. The minimum absolute atomic E-state index is 0.0911. The fourth-order valence-corrected chi connectivity index (χ4v) is 2.39. The first kappa shape index (κ1) is 18.3. The van der Waals surface area contributed by atoms with Crippen LogP contribution < -0.4 is 5.32 Å². The van der Waals surface area contributed by atoms with Crippen LogP contribution in [0, 0.1) is 0 Å². The molecule has 0 fully saturated rings. The number of rotatable bonds is 8. The van der Waals surface area contributed by atoms with Gasteiger partial charge in [-0.2, -0.15) is 0 Å². The predicted octanol–water partition coefficient (Wildman–Crippen LogP) is 3.34. The predicted molar refractivity (Wildman–Crippen MR) is 95.2 cm³/mol. The molecular formula is C20H21NO4. The zero-order valence-electron chi connectivity index (χ0n) is 13.9. The molecule has 2 aromatic rings. The number of hydrogen-bond acceptors (Lipinski definition) is 3. The van der Waals surface area contributed by atoms with Crippen molar-refractivity contribution in [1.29, 1.82) is 0 Å². The lowest BCUT2D eigenvalue weighted by atomic mass is 10.0. The van der Waals surface area contributed by atoms with Gasteiger partial charge >= 0.3 is 12.1 Å². The van der Waals surface area contributed by atoms with Gasteiger partial charge in [0, 0.05) is 6.42 Å². The number of amides is 1. The topological polar surface area (TPSA) is 75.6 Å². The van der Waals surface area contributed by atoms with Gasteiger partial charge in [0.1, 0.15) is 12.6 Å². The van der Waals surface area contributed by atoms with Gasteiger partial charge in [0.05, 0.1) is 0 Å². The van der Waals surface area contributed by atoms with E-state index in [1.54, 1.807) is 6.08 Å². The number of carboxylic acid groups (broad SMARTS) is 1. The van der Waals surface area contributed by atoms with Gasteiger partial charge in [-0.25, -0.2) is 9.59 Å². The summed E-state index contributed by atoms with van der Waals surface area (Å²) in [5.74, 6) is -1.11. The highest BCUT2D eigenvalue weighted by Crippen LogP contribution is 2.10. The van der Waals surface area contributed by atoms with Gasteiger partial charge in [0.25, 0.3) is 0 Å². The van der Waals surface area contributed by atoms with Gasteiger partial charge in [0.2, 0.25) is 0 Å². The van der Waals surface area contributed by atoms with E-state index in [0.29, 0.717) is 6.42 Å². The van der Waals surface area contributed by atoms with Crippen LogP contribution in [0.2, 0.25) is 0 Å². The van der Waals surface area contributed by atoms with Crippen molar-refractivity contribution in [2.45, 2.75) is 25.5 Å². The summed E-state index contributed by atoms with van der Waals surface area (Å²) in [5.41, 5.74) is 2.71. The molecule has 0 radical (unpaired) electrons. The molecule has 5 heteroatoms. The summed E-state index contributed by atoms with van der Waals surface area (Å²) in [5, 5.41) is 11.8. The van der Waals surface area contributed by atoms with Crippen LogP contribution in [-0.4, -0.2) is 23.2 Å². The molecule has 0 aliphatic heterocycles. The summed E-state index contributed by atoms with van der Waals surface area (Å²) in [7, 11) is 0. The summed E-state index contributed by atoms with van der Waals surface area (Å²) < 4.78 is 5.08. The van der Waals surface area contributed by atoms with E-state index in [1.807, 2.05) is 54.6 Å². The Morgan fingerprint density at radius 3 is 2.44 bits per heavy atom. The van der Waals surface area contributed by atoms with E-state index in [2.05, 4.69) is 11.9 Å². The largest absolute Gasteiger partial charge is 0.480 e. The monoisotopic (exact) mass is 339 g/mol. The SMILES string of the molecule is C=CCc1cccc(C[C@H](NC(=O)OCc2ccccc2)C(=O)O)c1. The smallest absolute Gasteiger partial charge is 0.408 e. The van der Waals surface area contributed by atoms with E-state index in [9.17, 15) is 14.7 Å². The van der Waals surface area contributed by atoms with Crippen LogP contribution in [0.1, 0.15) is 16.7 Å². The molecule has 2 N–H and O–H groups in total. The van der Waals surface area contributed by atoms with Gasteiger partial charge in [-0.3, -0.25) is 0 Å². The molecule has 0 saturated carbocycles. The normalized spacial score (nSPS) is 11.4. The van der Waals surface area contributed by atoms with Gasteiger partial charge in [-0.1, -0.05) is 60.7 Å². The molecule has 0 spiro atoms. The molecule has 0 heterocycles. The molecule has 2 aromatic carbocycles. The number of alkyl carbamates (subject to hydrolysis) is 1. The Bertz CT molecular complexity index is 727. The second-order valence-corrected chi connectivity index (χ2v) is 5.61. The first-order chi connectivity index (χ1) is 12.1. The van der Waals surface area contributed by atoms with Crippen LogP contribution >= 0.6 is 0 Å². The number of carbonyl (C=O) groups is 2. The Kier molecular flexibility index (Phi) is 6.77. The molecule has 0 saturated heterocycles. The lowest BCUT2D eigenvalue weighted by molar-refractivity contribution is -0.139. The van der Waals surface area contributed by atoms with Gasteiger partial charge in [-0.05, 0) is 23.1 Å². The zero-order chi connectivity index (χ0) is 18.1. The maximum Gasteiger partial charge on any atom is 0.408 e. The maximum absolute atomic E-state index is 11.9. The highest BCUT2D eigenvalue weighted by atomic mass is 16.5. The van der Waals surface area contributed by atoms with Crippen LogP contribution in [0.3, 0.4) is 0 Å².